The molecule has 0 aliphatic heterocycles. The van der Waals surface area contributed by atoms with Crippen molar-refractivity contribution in [2.75, 3.05) is 25.0 Å². The first kappa shape index (κ1) is 12.4. The molecular formula is C12H16N6. The van der Waals surface area contributed by atoms with Crippen LogP contribution >= 0.6 is 0 Å². The van der Waals surface area contributed by atoms with Gasteiger partial charge in [0.2, 0.25) is 5.95 Å². The molecule has 18 heavy (non-hydrogen) atoms. The molecule has 0 aromatic carbocycles. The van der Waals surface area contributed by atoms with Crippen LogP contribution in [0.5, 0.6) is 0 Å². The van der Waals surface area contributed by atoms with Gasteiger partial charge in [-0.15, -0.1) is 0 Å². The van der Waals surface area contributed by atoms with E-state index in [0.29, 0.717) is 19.0 Å². The van der Waals surface area contributed by atoms with Crippen LogP contribution in [0.25, 0.3) is 11.4 Å². The quantitative estimate of drug-likeness (QED) is 0.850. The Labute approximate surface area is 106 Å². The zero-order valence-electron chi connectivity index (χ0n) is 10.5. The molecule has 6 heteroatoms. The Balaban J connectivity index is 2.36. The monoisotopic (exact) mass is 244 g/mol. The molecule has 0 bridgehead atoms. The number of anilines is 1. The van der Waals surface area contributed by atoms with E-state index in [-0.39, 0.29) is 0 Å². The summed E-state index contributed by atoms with van der Waals surface area (Å²) in [5.74, 6) is 0.642. The molecule has 0 spiro atoms. The number of nitrogens with zero attached hydrogens (tertiary/aromatic N) is 5. The summed E-state index contributed by atoms with van der Waals surface area (Å²) >= 11 is 0. The average molecular weight is 244 g/mol. The van der Waals surface area contributed by atoms with Gasteiger partial charge >= 0.3 is 0 Å². The summed E-state index contributed by atoms with van der Waals surface area (Å²) in [4.78, 5) is 19.1. The minimum atomic E-state index is 0.564. The molecule has 2 aromatic rings. The third kappa shape index (κ3) is 2.60. The number of hydrogen-bond donors (Lipinski definition) is 1. The summed E-state index contributed by atoms with van der Waals surface area (Å²) < 4.78 is 0. The maximum atomic E-state index is 5.52. The van der Waals surface area contributed by atoms with Gasteiger partial charge in [0.15, 0.2) is 0 Å². The molecule has 0 atom stereocenters. The first-order valence-corrected chi connectivity index (χ1v) is 5.74. The molecule has 0 aliphatic carbocycles. The van der Waals surface area contributed by atoms with Gasteiger partial charge in [-0.05, 0) is 13.0 Å². The van der Waals surface area contributed by atoms with E-state index in [1.165, 1.54) is 0 Å². The summed E-state index contributed by atoms with van der Waals surface area (Å²) in [6, 6.07) is 1.83. The topological polar surface area (TPSA) is 80.8 Å². The van der Waals surface area contributed by atoms with Gasteiger partial charge in [-0.2, -0.15) is 0 Å². The lowest BCUT2D eigenvalue weighted by Crippen LogP contribution is -2.26. The second-order valence-electron chi connectivity index (χ2n) is 3.94. The van der Waals surface area contributed by atoms with E-state index >= 15 is 0 Å². The fourth-order valence-electron chi connectivity index (χ4n) is 1.62. The first-order chi connectivity index (χ1) is 8.72. The molecule has 6 nitrogen and oxygen atoms in total. The Morgan fingerprint density at radius 2 is 1.94 bits per heavy atom. The van der Waals surface area contributed by atoms with Crippen molar-refractivity contribution in [2.45, 2.75) is 6.92 Å². The van der Waals surface area contributed by atoms with E-state index in [9.17, 15) is 0 Å². The lowest BCUT2D eigenvalue weighted by Gasteiger charge is -2.16. The Morgan fingerprint density at radius 1 is 1.17 bits per heavy atom. The van der Waals surface area contributed by atoms with Gasteiger partial charge in [0, 0.05) is 38.7 Å². The number of likely N-dealkylation sites (N-methyl/N-ethyl adjacent to an activating group) is 1. The lowest BCUT2D eigenvalue weighted by molar-refractivity contribution is 0.846. The predicted molar refractivity (Wildman–Crippen MR) is 70.1 cm³/mol. The second kappa shape index (κ2) is 5.50. The molecule has 2 aromatic heterocycles. The smallest absolute Gasteiger partial charge is 0.225 e. The van der Waals surface area contributed by atoms with E-state index in [0.717, 1.165) is 17.1 Å². The van der Waals surface area contributed by atoms with Crippen molar-refractivity contribution < 1.29 is 0 Å². The van der Waals surface area contributed by atoms with Crippen LogP contribution in [0.1, 0.15) is 5.69 Å². The van der Waals surface area contributed by atoms with Gasteiger partial charge in [-0.1, -0.05) is 0 Å². The summed E-state index contributed by atoms with van der Waals surface area (Å²) in [7, 11) is 1.91. The van der Waals surface area contributed by atoms with Gasteiger partial charge in [0.05, 0.1) is 11.4 Å². The van der Waals surface area contributed by atoms with Crippen LogP contribution in [-0.4, -0.2) is 40.1 Å². The van der Waals surface area contributed by atoms with Crippen LogP contribution in [0, 0.1) is 6.92 Å². The molecule has 2 heterocycles. The molecule has 2 N–H and O–H groups in total. The van der Waals surface area contributed by atoms with Gasteiger partial charge in [0.25, 0.3) is 0 Å². The van der Waals surface area contributed by atoms with E-state index in [1.54, 1.807) is 18.6 Å². The Kier molecular flexibility index (Phi) is 3.78. The second-order valence-corrected chi connectivity index (χ2v) is 3.94. The van der Waals surface area contributed by atoms with Crippen molar-refractivity contribution in [3.63, 3.8) is 0 Å². The van der Waals surface area contributed by atoms with Crippen molar-refractivity contribution in [1.29, 1.82) is 0 Å². The van der Waals surface area contributed by atoms with Crippen LogP contribution in [0.4, 0.5) is 5.95 Å². The Hall–Kier alpha value is -2.08. The Bertz CT molecular complexity index is 527. The SMILES string of the molecule is Cc1nccnc1-c1ccnc(N(C)CCN)n1. The minimum Gasteiger partial charge on any atom is -0.343 e. The highest BCUT2D eigenvalue weighted by atomic mass is 15.2. The van der Waals surface area contributed by atoms with Gasteiger partial charge < -0.3 is 10.6 Å². The van der Waals surface area contributed by atoms with Gasteiger partial charge in [0.1, 0.15) is 5.69 Å². The predicted octanol–water partition coefficient (Wildman–Crippen LogP) is 0.637. The molecule has 0 saturated carbocycles. The number of rotatable bonds is 4. The fourth-order valence-corrected chi connectivity index (χ4v) is 1.62. The van der Waals surface area contributed by atoms with Crippen molar-refractivity contribution in [2.24, 2.45) is 5.73 Å². The van der Waals surface area contributed by atoms with Gasteiger partial charge in [-0.25, -0.2) is 9.97 Å². The molecule has 0 amide bonds. The highest BCUT2D eigenvalue weighted by Crippen LogP contribution is 2.18. The zero-order chi connectivity index (χ0) is 13.0. The van der Waals surface area contributed by atoms with Crippen molar-refractivity contribution in [1.82, 2.24) is 19.9 Å². The highest BCUT2D eigenvalue weighted by molar-refractivity contribution is 5.57. The van der Waals surface area contributed by atoms with Crippen LogP contribution in [0.3, 0.4) is 0 Å². The van der Waals surface area contributed by atoms with E-state index < -0.39 is 0 Å². The number of aromatic nitrogens is 4. The first-order valence-electron chi connectivity index (χ1n) is 5.74. The van der Waals surface area contributed by atoms with Crippen molar-refractivity contribution >= 4 is 5.95 Å². The maximum absolute atomic E-state index is 5.52. The third-order valence-corrected chi connectivity index (χ3v) is 2.57. The Morgan fingerprint density at radius 3 is 2.67 bits per heavy atom. The number of hydrogen-bond acceptors (Lipinski definition) is 6. The maximum Gasteiger partial charge on any atom is 0.225 e. The lowest BCUT2D eigenvalue weighted by atomic mass is 10.2. The standard InChI is InChI=1S/C12H16N6/c1-9-11(15-7-6-14-9)10-3-5-16-12(17-10)18(2)8-4-13/h3,5-7H,4,8,13H2,1-2H3. The summed E-state index contributed by atoms with van der Waals surface area (Å²) in [5, 5.41) is 0. The van der Waals surface area contributed by atoms with E-state index in [4.69, 9.17) is 5.73 Å². The largest absolute Gasteiger partial charge is 0.343 e. The van der Waals surface area contributed by atoms with Gasteiger partial charge in [-0.3, -0.25) is 9.97 Å². The van der Waals surface area contributed by atoms with Crippen molar-refractivity contribution in [3.05, 3.63) is 30.4 Å². The normalized spacial score (nSPS) is 10.4. The minimum absolute atomic E-state index is 0.564. The highest BCUT2D eigenvalue weighted by Gasteiger charge is 2.09. The number of nitrogens with two attached hydrogens (primary N) is 1. The molecule has 2 rings (SSSR count). The third-order valence-electron chi connectivity index (χ3n) is 2.57. The molecule has 94 valence electrons. The van der Waals surface area contributed by atoms with Crippen LogP contribution in [0.15, 0.2) is 24.7 Å². The zero-order valence-corrected chi connectivity index (χ0v) is 10.5. The summed E-state index contributed by atoms with van der Waals surface area (Å²) in [5.41, 5.74) is 7.92. The van der Waals surface area contributed by atoms with Crippen LogP contribution in [0.2, 0.25) is 0 Å². The molecule has 0 unspecified atom stereocenters. The van der Waals surface area contributed by atoms with Crippen LogP contribution in [-0.2, 0) is 0 Å². The van der Waals surface area contributed by atoms with Crippen LogP contribution < -0.4 is 10.6 Å². The van der Waals surface area contributed by atoms with E-state index in [1.807, 2.05) is 24.9 Å². The molecule has 0 fully saturated rings. The van der Waals surface area contributed by atoms with Crippen molar-refractivity contribution in [3.8, 4) is 11.4 Å². The fraction of sp³-hybridized carbons (Fsp3) is 0.333. The number of aryl methyl sites for hydroxylation is 1. The summed E-state index contributed by atoms with van der Waals surface area (Å²) in [6.45, 7) is 3.19. The molecular weight excluding hydrogens is 228 g/mol. The molecule has 0 saturated heterocycles. The van der Waals surface area contributed by atoms with E-state index in [2.05, 4.69) is 19.9 Å². The molecule has 0 aliphatic rings. The average Bonchev–Trinajstić information content (AvgIpc) is 2.40. The molecule has 0 radical (unpaired) electrons. The summed E-state index contributed by atoms with van der Waals surface area (Å²) in [6.07, 6.45) is 5.05.